The summed E-state index contributed by atoms with van der Waals surface area (Å²) in [6.07, 6.45) is 0. The zero-order valence-corrected chi connectivity index (χ0v) is 12.8. The number of aliphatic imine (C=N–C) groups is 1. The minimum Gasteiger partial charge on any atom is -0.492 e. The van der Waals surface area contributed by atoms with Gasteiger partial charge in [0, 0.05) is 21.1 Å². The lowest BCUT2D eigenvalue weighted by Crippen LogP contribution is -2.38. The molecule has 0 heterocycles. The van der Waals surface area contributed by atoms with Gasteiger partial charge in [0.25, 0.3) is 0 Å². The molecule has 0 aliphatic carbocycles. The van der Waals surface area contributed by atoms with Crippen LogP contribution in [0.1, 0.15) is 0 Å². The van der Waals surface area contributed by atoms with Crippen LogP contribution in [0.5, 0.6) is 5.75 Å². The average Bonchev–Trinajstić information content (AvgIpc) is 2.32. The number of hydrogen-bond acceptors (Lipinski definition) is 2. The van der Waals surface area contributed by atoms with E-state index in [-0.39, 0.29) is 24.0 Å². The Morgan fingerprint density at radius 2 is 2.00 bits per heavy atom. The molecule has 0 bridgehead atoms. The van der Waals surface area contributed by atoms with E-state index in [0.29, 0.717) is 6.61 Å². The number of nitrogens with zero attached hydrogens (tertiary/aromatic N) is 2. The number of halogens is 1. The van der Waals surface area contributed by atoms with E-state index in [0.717, 1.165) is 18.3 Å². The molecule has 4 nitrogen and oxygen atoms in total. The molecular weight excluding hydrogens is 329 g/mol. The van der Waals surface area contributed by atoms with E-state index < -0.39 is 0 Å². The first-order chi connectivity index (χ1) is 7.77. The first-order valence-corrected chi connectivity index (χ1v) is 5.31. The van der Waals surface area contributed by atoms with Crippen LogP contribution in [0.25, 0.3) is 0 Å². The standard InChI is InChI=1S/C12H19N3O.HI/c1-13-12(14-2)15(3)9-10-16-11-7-5-4-6-8-11;/h4-8H,9-10H2,1-3H3,(H,13,14);1H. The average molecular weight is 349 g/mol. The third kappa shape index (κ3) is 5.76. The van der Waals surface area contributed by atoms with Crippen LogP contribution in [0.2, 0.25) is 0 Å². The number of likely N-dealkylation sites (N-methyl/N-ethyl adjacent to an activating group) is 1. The Labute approximate surface area is 120 Å². The number of guanidine groups is 1. The van der Waals surface area contributed by atoms with Gasteiger partial charge in [0.2, 0.25) is 0 Å². The number of ether oxygens (including phenoxy) is 1. The predicted molar refractivity (Wildman–Crippen MR) is 82.4 cm³/mol. The van der Waals surface area contributed by atoms with Gasteiger partial charge in [-0.2, -0.15) is 0 Å². The smallest absolute Gasteiger partial charge is 0.193 e. The Kier molecular flexibility index (Phi) is 8.57. The van der Waals surface area contributed by atoms with Crippen LogP contribution in [-0.4, -0.2) is 45.2 Å². The highest BCUT2D eigenvalue weighted by Gasteiger charge is 2.02. The lowest BCUT2D eigenvalue weighted by molar-refractivity contribution is 0.282. The van der Waals surface area contributed by atoms with E-state index in [1.54, 1.807) is 7.05 Å². The molecule has 0 amide bonds. The summed E-state index contributed by atoms with van der Waals surface area (Å²) in [6.45, 7) is 1.43. The summed E-state index contributed by atoms with van der Waals surface area (Å²) in [7, 11) is 5.60. The second-order valence-electron chi connectivity index (χ2n) is 3.38. The number of benzene rings is 1. The fraction of sp³-hybridized carbons (Fsp3) is 0.417. The maximum Gasteiger partial charge on any atom is 0.193 e. The molecule has 0 atom stereocenters. The Morgan fingerprint density at radius 3 is 2.53 bits per heavy atom. The van der Waals surface area contributed by atoms with Crippen LogP contribution in [0.4, 0.5) is 0 Å². The highest BCUT2D eigenvalue weighted by molar-refractivity contribution is 14.0. The molecule has 96 valence electrons. The van der Waals surface area contributed by atoms with Crippen LogP contribution < -0.4 is 10.1 Å². The van der Waals surface area contributed by atoms with Crippen molar-refractivity contribution in [1.82, 2.24) is 10.2 Å². The molecule has 0 saturated heterocycles. The molecule has 1 aromatic rings. The Morgan fingerprint density at radius 1 is 1.35 bits per heavy atom. The third-order valence-corrected chi connectivity index (χ3v) is 2.24. The Hall–Kier alpha value is -0.980. The number of para-hydroxylation sites is 1. The summed E-state index contributed by atoms with van der Waals surface area (Å²) in [6, 6.07) is 9.80. The van der Waals surface area contributed by atoms with Gasteiger partial charge in [-0.05, 0) is 12.1 Å². The van der Waals surface area contributed by atoms with Gasteiger partial charge in [-0.1, -0.05) is 18.2 Å². The minimum absolute atomic E-state index is 0. The Bertz CT molecular complexity index is 330. The first-order valence-electron chi connectivity index (χ1n) is 5.31. The zero-order chi connectivity index (χ0) is 11.8. The minimum atomic E-state index is 0. The van der Waals surface area contributed by atoms with Gasteiger partial charge in [-0.3, -0.25) is 4.99 Å². The largest absolute Gasteiger partial charge is 0.492 e. The summed E-state index contributed by atoms with van der Waals surface area (Å²) in [5, 5.41) is 3.02. The van der Waals surface area contributed by atoms with Gasteiger partial charge in [-0.25, -0.2) is 0 Å². The van der Waals surface area contributed by atoms with Crippen molar-refractivity contribution in [2.24, 2.45) is 4.99 Å². The van der Waals surface area contributed by atoms with Crippen molar-refractivity contribution in [2.45, 2.75) is 0 Å². The van der Waals surface area contributed by atoms with Crippen LogP contribution >= 0.6 is 24.0 Å². The number of rotatable bonds is 4. The normalized spacial score (nSPS) is 10.4. The molecule has 1 rings (SSSR count). The lowest BCUT2D eigenvalue weighted by Gasteiger charge is -2.20. The lowest BCUT2D eigenvalue weighted by atomic mass is 10.3. The van der Waals surface area contributed by atoms with Gasteiger partial charge in [-0.15, -0.1) is 24.0 Å². The summed E-state index contributed by atoms with van der Waals surface area (Å²) in [5.41, 5.74) is 0. The SMILES string of the molecule is CN=C(NC)N(C)CCOc1ccccc1.I. The van der Waals surface area contributed by atoms with Crippen LogP contribution in [-0.2, 0) is 0 Å². The second-order valence-corrected chi connectivity index (χ2v) is 3.38. The first kappa shape index (κ1) is 16.0. The van der Waals surface area contributed by atoms with Gasteiger partial charge in [0.1, 0.15) is 12.4 Å². The molecule has 0 aromatic heterocycles. The van der Waals surface area contributed by atoms with E-state index in [9.17, 15) is 0 Å². The number of nitrogens with one attached hydrogen (secondary N) is 1. The molecule has 0 spiro atoms. The number of hydrogen-bond donors (Lipinski definition) is 1. The maximum absolute atomic E-state index is 5.59. The summed E-state index contributed by atoms with van der Waals surface area (Å²) in [5.74, 6) is 1.76. The zero-order valence-electron chi connectivity index (χ0n) is 10.5. The summed E-state index contributed by atoms with van der Waals surface area (Å²) in [4.78, 5) is 6.12. The van der Waals surface area contributed by atoms with E-state index >= 15 is 0 Å². The van der Waals surface area contributed by atoms with Crippen molar-refractivity contribution in [1.29, 1.82) is 0 Å². The predicted octanol–water partition coefficient (Wildman–Crippen LogP) is 1.82. The van der Waals surface area contributed by atoms with Crippen molar-refractivity contribution in [3.05, 3.63) is 30.3 Å². The topological polar surface area (TPSA) is 36.9 Å². The summed E-state index contributed by atoms with van der Waals surface area (Å²) < 4.78 is 5.59. The van der Waals surface area contributed by atoms with Gasteiger partial charge >= 0.3 is 0 Å². The molecule has 1 N–H and O–H groups in total. The third-order valence-electron chi connectivity index (χ3n) is 2.24. The van der Waals surface area contributed by atoms with Crippen molar-refractivity contribution in [3.8, 4) is 5.75 Å². The monoisotopic (exact) mass is 349 g/mol. The van der Waals surface area contributed by atoms with Crippen LogP contribution in [0, 0.1) is 0 Å². The van der Waals surface area contributed by atoms with Crippen molar-refractivity contribution in [3.63, 3.8) is 0 Å². The van der Waals surface area contributed by atoms with Crippen LogP contribution in [0.15, 0.2) is 35.3 Å². The van der Waals surface area contributed by atoms with E-state index in [4.69, 9.17) is 4.74 Å². The van der Waals surface area contributed by atoms with E-state index in [1.807, 2.05) is 49.3 Å². The molecule has 1 aromatic carbocycles. The fourth-order valence-corrected chi connectivity index (χ4v) is 1.40. The van der Waals surface area contributed by atoms with Crippen molar-refractivity contribution in [2.75, 3.05) is 34.3 Å². The summed E-state index contributed by atoms with van der Waals surface area (Å²) >= 11 is 0. The Balaban J connectivity index is 0.00000256. The molecule has 0 radical (unpaired) electrons. The quantitative estimate of drug-likeness (QED) is 0.512. The molecular formula is C12H20IN3O. The molecule has 0 fully saturated rings. The highest BCUT2D eigenvalue weighted by atomic mass is 127. The van der Waals surface area contributed by atoms with E-state index in [1.165, 1.54) is 0 Å². The van der Waals surface area contributed by atoms with Crippen molar-refractivity contribution < 1.29 is 4.74 Å². The molecule has 0 aliphatic rings. The maximum atomic E-state index is 5.59. The molecule has 0 aliphatic heterocycles. The van der Waals surface area contributed by atoms with E-state index in [2.05, 4.69) is 10.3 Å². The molecule has 0 saturated carbocycles. The van der Waals surface area contributed by atoms with Crippen molar-refractivity contribution >= 4 is 29.9 Å². The molecule has 5 heteroatoms. The molecule has 17 heavy (non-hydrogen) atoms. The fourth-order valence-electron chi connectivity index (χ4n) is 1.40. The van der Waals surface area contributed by atoms with Crippen LogP contribution in [0.3, 0.4) is 0 Å². The highest BCUT2D eigenvalue weighted by Crippen LogP contribution is 2.07. The second kappa shape index (κ2) is 9.09. The molecule has 0 unspecified atom stereocenters. The van der Waals surface area contributed by atoms with Gasteiger partial charge in [0.05, 0.1) is 6.54 Å². The van der Waals surface area contributed by atoms with Gasteiger partial charge < -0.3 is 15.0 Å². The van der Waals surface area contributed by atoms with Gasteiger partial charge in [0.15, 0.2) is 5.96 Å².